The molecule has 0 heterocycles. The standard InChI is InChI=1S/C13H18F2N2S/c1-8(2)4-3-5-17-12-10(14)6-9(13(16)18)7-11(12)15/h6-8,17H,3-5H2,1-2H3,(H2,16,18). The van der Waals surface area contributed by atoms with E-state index < -0.39 is 11.6 Å². The molecule has 3 N–H and O–H groups in total. The highest BCUT2D eigenvalue weighted by Gasteiger charge is 2.11. The van der Waals surface area contributed by atoms with Gasteiger partial charge in [-0.25, -0.2) is 8.78 Å². The van der Waals surface area contributed by atoms with Crippen LogP contribution in [0.25, 0.3) is 0 Å². The lowest BCUT2D eigenvalue weighted by Gasteiger charge is -2.11. The Morgan fingerprint density at radius 1 is 1.33 bits per heavy atom. The van der Waals surface area contributed by atoms with Crippen LogP contribution in [0.1, 0.15) is 32.3 Å². The van der Waals surface area contributed by atoms with E-state index in [1.165, 1.54) is 0 Å². The second-order valence-corrected chi connectivity index (χ2v) is 5.08. The minimum atomic E-state index is -0.664. The van der Waals surface area contributed by atoms with Crippen LogP contribution in [-0.2, 0) is 0 Å². The van der Waals surface area contributed by atoms with Gasteiger partial charge >= 0.3 is 0 Å². The number of thiocarbonyl (C=S) groups is 1. The van der Waals surface area contributed by atoms with Gasteiger partial charge in [-0.15, -0.1) is 0 Å². The minimum Gasteiger partial charge on any atom is -0.389 e. The highest BCUT2D eigenvalue weighted by molar-refractivity contribution is 7.80. The van der Waals surface area contributed by atoms with Crippen LogP contribution >= 0.6 is 12.2 Å². The van der Waals surface area contributed by atoms with E-state index in [1.807, 2.05) is 0 Å². The zero-order valence-corrected chi connectivity index (χ0v) is 11.4. The average molecular weight is 272 g/mol. The molecule has 0 saturated carbocycles. The lowest BCUT2D eigenvalue weighted by atomic mass is 10.1. The van der Waals surface area contributed by atoms with Crippen LogP contribution in [0.4, 0.5) is 14.5 Å². The van der Waals surface area contributed by atoms with Crippen LogP contribution in [-0.4, -0.2) is 11.5 Å². The van der Waals surface area contributed by atoms with E-state index in [1.54, 1.807) is 0 Å². The molecule has 1 aromatic carbocycles. The van der Waals surface area contributed by atoms with E-state index in [4.69, 9.17) is 5.73 Å². The summed E-state index contributed by atoms with van der Waals surface area (Å²) in [5.41, 5.74) is 5.42. The first-order chi connectivity index (χ1) is 8.41. The number of nitrogens with two attached hydrogens (primary N) is 1. The van der Waals surface area contributed by atoms with E-state index >= 15 is 0 Å². The molecule has 0 aliphatic rings. The summed E-state index contributed by atoms with van der Waals surface area (Å²) in [5, 5.41) is 2.77. The highest BCUT2D eigenvalue weighted by Crippen LogP contribution is 2.21. The van der Waals surface area contributed by atoms with Crippen molar-refractivity contribution in [1.29, 1.82) is 0 Å². The van der Waals surface area contributed by atoms with Crippen molar-refractivity contribution < 1.29 is 8.78 Å². The molecule has 0 saturated heterocycles. The van der Waals surface area contributed by atoms with Gasteiger partial charge in [-0.2, -0.15) is 0 Å². The first kappa shape index (κ1) is 14.8. The molecule has 0 aromatic heterocycles. The first-order valence-corrected chi connectivity index (χ1v) is 6.35. The predicted molar refractivity (Wildman–Crippen MR) is 74.8 cm³/mol. The summed E-state index contributed by atoms with van der Waals surface area (Å²) in [6.45, 7) is 4.76. The van der Waals surface area contributed by atoms with Gasteiger partial charge in [0.15, 0.2) is 0 Å². The first-order valence-electron chi connectivity index (χ1n) is 5.94. The maximum atomic E-state index is 13.6. The van der Waals surface area contributed by atoms with Crippen molar-refractivity contribution in [3.05, 3.63) is 29.3 Å². The summed E-state index contributed by atoms with van der Waals surface area (Å²) in [6, 6.07) is 2.30. The molecule has 2 nitrogen and oxygen atoms in total. The molecule has 1 rings (SSSR count). The Labute approximate surface area is 112 Å². The zero-order valence-electron chi connectivity index (χ0n) is 10.6. The van der Waals surface area contributed by atoms with Gasteiger partial charge in [-0.3, -0.25) is 0 Å². The van der Waals surface area contributed by atoms with Crippen LogP contribution in [0.2, 0.25) is 0 Å². The van der Waals surface area contributed by atoms with Crippen molar-refractivity contribution in [3.63, 3.8) is 0 Å². The molecule has 0 unspecified atom stereocenters. The third-order valence-corrected chi connectivity index (χ3v) is 2.82. The van der Waals surface area contributed by atoms with Crippen LogP contribution < -0.4 is 11.1 Å². The van der Waals surface area contributed by atoms with Crippen molar-refractivity contribution in [3.8, 4) is 0 Å². The van der Waals surface area contributed by atoms with Crippen molar-refractivity contribution in [2.24, 2.45) is 11.7 Å². The normalized spacial score (nSPS) is 10.7. The SMILES string of the molecule is CC(C)CCCNc1c(F)cc(C(N)=S)cc1F. The van der Waals surface area contributed by atoms with E-state index in [2.05, 4.69) is 31.4 Å². The van der Waals surface area contributed by atoms with E-state index in [9.17, 15) is 8.78 Å². The molecule has 0 atom stereocenters. The van der Waals surface area contributed by atoms with Gasteiger partial charge in [-0.1, -0.05) is 26.1 Å². The molecule has 0 aliphatic heterocycles. The Kier molecular flexibility index (Phi) is 5.47. The Morgan fingerprint density at radius 3 is 2.33 bits per heavy atom. The van der Waals surface area contributed by atoms with E-state index in [-0.39, 0.29) is 16.2 Å². The summed E-state index contributed by atoms with van der Waals surface area (Å²) in [4.78, 5) is -0.0147. The second kappa shape index (κ2) is 6.64. The lowest BCUT2D eigenvalue weighted by Crippen LogP contribution is -2.12. The van der Waals surface area contributed by atoms with Crippen molar-refractivity contribution >= 4 is 22.9 Å². The predicted octanol–water partition coefficient (Wildman–Crippen LogP) is 3.45. The number of halogens is 2. The molecule has 5 heteroatoms. The van der Waals surface area contributed by atoms with Gasteiger partial charge in [0.2, 0.25) is 0 Å². The minimum absolute atomic E-state index is 0.0147. The molecule has 0 radical (unpaired) electrons. The largest absolute Gasteiger partial charge is 0.389 e. The van der Waals surface area contributed by atoms with Gasteiger partial charge in [-0.05, 0) is 30.9 Å². The molecule has 0 bridgehead atoms. The highest BCUT2D eigenvalue weighted by atomic mass is 32.1. The van der Waals surface area contributed by atoms with E-state index in [0.29, 0.717) is 12.5 Å². The van der Waals surface area contributed by atoms with Crippen LogP contribution in [0, 0.1) is 17.6 Å². The van der Waals surface area contributed by atoms with Gasteiger partial charge in [0.1, 0.15) is 22.3 Å². The molecule has 0 spiro atoms. The Hall–Kier alpha value is -1.23. The number of rotatable bonds is 6. The number of benzene rings is 1. The third kappa shape index (κ3) is 4.22. The summed E-state index contributed by atoms with van der Waals surface area (Å²) in [6.07, 6.45) is 1.88. The van der Waals surface area contributed by atoms with Crippen LogP contribution in [0.5, 0.6) is 0 Å². The summed E-state index contributed by atoms with van der Waals surface area (Å²) in [7, 11) is 0. The topological polar surface area (TPSA) is 38.0 Å². The van der Waals surface area contributed by atoms with Crippen molar-refractivity contribution in [2.45, 2.75) is 26.7 Å². The molecule has 0 fully saturated rings. The Bertz CT molecular complexity index is 410. The van der Waals surface area contributed by atoms with Gasteiger partial charge in [0.05, 0.1) is 0 Å². The van der Waals surface area contributed by atoms with Crippen molar-refractivity contribution in [2.75, 3.05) is 11.9 Å². The van der Waals surface area contributed by atoms with Crippen LogP contribution in [0.15, 0.2) is 12.1 Å². The smallest absolute Gasteiger partial charge is 0.150 e. The van der Waals surface area contributed by atoms with Gasteiger partial charge in [0, 0.05) is 12.1 Å². The molecule has 0 aliphatic carbocycles. The third-order valence-electron chi connectivity index (χ3n) is 2.59. The lowest BCUT2D eigenvalue weighted by molar-refractivity contribution is 0.560. The van der Waals surface area contributed by atoms with Gasteiger partial charge < -0.3 is 11.1 Å². The maximum Gasteiger partial charge on any atom is 0.150 e. The average Bonchev–Trinajstić information content (AvgIpc) is 2.26. The summed E-state index contributed by atoms with van der Waals surface area (Å²) in [5.74, 6) is -0.747. The summed E-state index contributed by atoms with van der Waals surface area (Å²) < 4.78 is 27.3. The molecular formula is C13H18F2N2S. The fourth-order valence-corrected chi connectivity index (χ4v) is 1.73. The van der Waals surface area contributed by atoms with Crippen LogP contribution in [0.3, 0.4) is 0 Å². The molecular weight excluding hydrogens is 254 g/mol. The Balaban J connectivity index is 2.69. The van der Waals surface area contributed by atoms with E-state index in [0.717, 1.165) is 25.0 Å². The zero-order chi connectivity index (χ0) is 13.7. The molecule has 18 heavy (non-hydrogen) atoms. The monoisotopic (exact) mass is 272 g/mol. The fourth-order valence-electron chi connectivity index (χ4n) is 1.61. The number of hydrogen-bond acceptors (Lipinski definition) is 2. The van der Waals surface area contributed by atoms with Gasteiger partial charge in [0.25, 0.3) is 0 Å². The summed E-state index contributed by atoms with van der Waals surface area (Å²) >= 11 is 4.68. The quantitative estimate of drug-likeness (QED) is 0.615. The molecule has 100 valence electrons. The maximum absolute atomic E-state index is 13.6. The molecule has 1 aromatic rings. The number of anilines is 1. The number of nitrogens with one attached hydrogen (secondary N) is 1. The number of hydrogen-bond donors (Lipinski definition) is 2. The second-order valence-electron chi connectivity index (χ2n) is 4.64. The Morgan fingerprint density at radius 2 is 1.89 bits per heavy atom. The van der Waals surface area contributed by atoms with Crippen molar-refractivity contribution in [1.82, 2.24) is 0 Å². The fraction of sp³-hybridized carbons (Fsp3) is 0.462. The molecule has 0 amide bonds.